The fourth-order valence-corrected chi connectivity index (χ4v) is 3.29. The summed E-state index contributed by atoms with van der Waals surface area (Å²) in [5, 5.41) is 3.58. The van der Waals surface area contributed by atoms with Gasteiger partial charge >= 0.3 is 0 Å². The lowest BCUT2D eigenvalue weighted by Gasteiger charge is -2.25. The van der Waals surface area contributed by atoms with E-state index in [0.717, 1.165) is 37.0 Å². The largest absolute Gasteiger partial charge is 0.496 e. The first-order valence-electron chi connectivity index (χ1n) is 7.40. The number of carbonyl (C=O) groups is 1. The summed E-state index contributed by atoms with van der Waals surface area (Å²) in [5.74, 6) is 1.22. The average molecular weight is 272 g/mol. The van der Waals surface area contributed by atoms with E-state index in [1.54, 1.807) is 7.11 Å². The van der Waals surface area contributed by atoms with Crippen molar-refractivity contribution < 1.29 is 9.53 Å². The van der Waals surface area contributed by atoms with E-state index in [2.05, 4.69) is 22.3 Å². The van der Waals surface area contributed by atoms with Crippen LogP contribution in [0.4, 0.5) is 0 Å². The first kappa shape index (κ1) is 12.2. The second kappa shape index (κ2) is 3.98. The number of rotatable bonds is 3. The van der Waals surface area contributed by atoms with Crippen LogP contribution in [-0.4, -0.2) is 29.5 Å². The van der Waals surface area contributed by atoms with E-state index in [9.17, 15) is 4.79 Å². The summed E-state index contributed by atoms with van der Waals surface area (Å²) in [5.41, 5.74) is 2.06. The highest BCUT2D eigenvalue weighted by molar-refractivity contribution is 5.92. The Balaban J connectivity index is 1.69. The van der Waals surface area contributed by atoms with Gasteiger partial charge in [0.25, 0.3) is 0 Å². The monoisotopic (exact) mass is 272 g/mol. The topological polar surface area (TPSA) is 41.6 Å². The fourth-order valence-electron chi connectivity index (χ4n) is 3.29. The number of ether oxygens (including phenoxy) is 1. The van der Waals surface area contributed by atoms with E-state index in [0.29, 0.717) is 11.9 Å². The molecule has 1 aromatic rings. The minimum Gasteiger partial charge on any atom is -0.496 e. The van der Waals surface area contributed by atoms with Crippen molar-refractivity contribution in [1.82, 2.24) is 10.2 Å². The Morgan fingerprint density at radius 3 is 2.65 bits per heavy atom. The van der Waals surface area contributed by atoms with Gasteiger partial charge in [0.2, 0.25) is 5.91 Å². The highest BCUT2D eigenvalue weighted by Gasteiger charge is 2.61. The van der Waals surface area contributed by atoms with Gasteiger partial charge in [-0.15, -0.1) is 0 Å². The van der Waals surface area contributed by atoms with Gasteiger partial charge in [0.15, 0.2) is 0 Å². The Bertz CT molecular complexity index is 576. The lowest BCUT2D eigenvalue weighted by atomic mass is 10.1. The Morgan fingerprint density at radius 2 is 2.10 bits per heavy atom. The molecule has 1 amide bonds. The molecule has 2 saturated carbocycles. The first-order chi connectivity index (χ1) is 9.64. The van der Waals surface area contributed by atoms with Crippen molar-refractivity contribution in [3.63, 3.8) is 0 Å². The number of methoxy groups -OCH3 is 1. The van der Waals surface area contributed by atoms with Gasteiger partial charge in [-0.05, 0) is 55.9 Å². The Morgan fingerprint density at radius 1 is 1.35 bits per heavy atom. The molecule has 1 unspecified atom stereocenters. The van der Waals surface area contributed by atoms with E-state index in [1.807, 2.05) is 13.0 Å². The minimum atomic E-state index is -0.235. The molecule has 106 valence electrons. The molecule has 0 aromatic heterocycles. The predicted octanol–water partition coefficient (Wildman–Crippen LogP) is 2.13. The van der Waals surface area contributed by atoms with Crippen molar-refractivity contribution in [1.29, 1.82) is 0 Å². The third kappa shape index (κ3) is 1.67. The molecule has 1 spiro atoms. The molecule has 0 bridgehead atoms. The molecular formula is C16H20N2O2. The summed E-state index contributed by atoms with van der Waals surface area (Å²) in [4.78, 5) is 14.7. The molecule has 1 atom stereocenters. The number of nitrogens with zero attached hydrogens (tertiary/aromatic N) is 1. The van der Waals surface area contributed by atoms with Gasteiger partial charge in [-0.2, -0.15) is 0 Å². The fraction of sp³-hybridized carbons (Fsp3) is 0.562. The van der Waals surface area contributed by atoms with Gasteiger partial charge in [0.05, 0.1) is 7.11 Å². The van der Waals surface area contributed by atoms with E-state index < -0.39 is 0 Å². The third-order valence-electron chi connectivity index (χ3n) is 4.76. The third-order valence-corrected chi connectivity index (χ3v) is 4.76. The summed E-state index contributed by atoms with van der Waals surface area (Å²) < 4.78 is 5.32. The van der Waals surface area contributed by atoms with Crippen LogP contribution in [0.25, 0.3) is 0 Å². The molecular weight excluding hydrogens is 252 g/mol. The van der Waals surface area contributed by atoms with Crippen molar-refractivity contribution in [3.05, 3.63) is 29.3 Å². The molecule has 1 aromatic carbocycles. The molecule has 4 nitrogen and oxygen atoms in total. The molecule has 3 fully saturated rings. The van der Waals surface area contributed by atoms with E-state index >= 15 is 0 Å². The predicted molar refractivity (Wildman–Crippen MR) is 75.4 cm³/mol. The second-order valence-electron chi connectivity index (χ2n) is 6.30. The van der Waals surface area contributed by atoms with Crippen LogP contribution in [0.5, 0.6) is 5.75 Å². The molecule has 4 heteroatoms. The number of amides is 1. The van der Waals surface area contributed by atoms with Crippen molar-refractivity contribution >= 4 is 5.91 Å². The number of aryl methyl sites for hydroxylation is 1. The first-order valence-corrected chi connectivity index (χ1v) is 7.40. The Kier molecular flexibility index (Phi) is 2.43. The number of hydrogen-bond donors (Lipinski definition) is 1. The molecule has 0 radical (unpaired) electrons. The molecule has 4 rings (SSSR count). The number of nitrogens with one attached hydrogen (secondary N) is 1. The van der Waals surface area contributed by atoms with Crippen molar-refractivity contribution in [3.8, 4) is 5.75 Å². The maximum absolute atomic E-state index is 12.6. The van der Waals surface area contributed by atoms with Gasteiger partial charge in [-0.3, -0.25) is 10.1 Å². The van der Waals surface area contributed by atoms with Crippen LogP contribution in [0.15, 0.2) is 18.2 Å². The molecule has 2 aliphatic carbocycles. The number of hydrogen-bond acceptors (Lipinski definition) is 3. The van der Waals surface area contributed by atoms with Crippen molar-refractivity contribution in [2.45, 2.75) is 50.4 Å². The lowest BCUT2D eigenvalue weighted by Crippen LogP contribution is -2.33. The van der Waals surface area contributed by atoms with Gasteiger partial charge in [0, 0.05) is 6.04 Å². The molecule has 20 heavy (non-hydrogen) atoms. The molecule has 3 aliphatic rings. The minimum absolute atomic E-state index is 0.0436. The van der Waals surface area contributed by atoms with E-state index in [1.165, 1.54) is 5.56 Å². The van der Waals surface area contributed by atoms with E-state index in [-0.39, 0.29) is 11.7 Å². The summed E-state index contributed by atoms with van der Waals surface area (Å²) in [6.07, 6.45) is 4.31. The molecule has 1 heterocycles. The van der Waals surface area contributed by atoms with Crippen LogP contribution >= 0.6 is 0 Å². The van der Waals surface area contributed by atoms with Gasteiger partial charge in [-0.25, -0.2) is 0 Å². The van der Waals surface area contributed by atoms with Crippen LogP contribution < -0.4 is 10.1 Å². The SMILES string of the molecule is COc1ccc(C2NC3(CC3)C(=O)N2C2CC2)cc1C. The maximum Gasteiger partial charge on any atom is 0.244 e. The zero-order chi connectivity index (χ0) is 13.9. The Labute approximate surface area is 119 Å². The highest BCUT2D eigenvalue weighted by Crippen LogP contribution is 2.49. The van der Waals surface area contributed by atoms with Gasteiger partial charge in [0.1, 0.15) is 17.5 Å². The van der Waals surface area contributed by atoms with Crippen LogP contribution in [0.1, 0.15) is 43.0 Å². The normalized spacial score (nSPS) is 27.2. The molecule has 1 saturated heterocycles. The number of benzene rings is 1. The zero-order valence-electron chi connectivity index (χ0n) is 12.0. The lowest BCUT2D eigenvalue weighted by molar-refractivity contribution is -0.131. The molecule has 1 aliphatic heterocycles. The van der Waals surface area contributed by atoms with Gasteiger partial charge in [-0.1, -0.05) is 6.07 Å². The highest BCUT2D eigenvalue weighted by atomic mass is 16.5. The van der Waals surface area contributed by atoms with Crippen molar-refractivity contribution in [2.75, 3.05) is 7.11 Å². The van der Waals surface area contributed by atoms with Crippen molar-refractivity contribution in [2.24, 2.45) is 0 Å². The Hall–Kier alpha value is -1.55. The van der Waals surface area contributed by atoms with Crippen LogP contribution in [0.3, 0.4) is 0 Å². The van der Waals surface area contributed by atoms with Crippen LogP contribution in [-0.2, 0) is 4.79 Å². The summed E-state index contributed by atoms with van der Waals surface area (Å²) >= 11 is 0. The second-order valence-corrected chi connectivity index (χ2v) is 6.30. The van der Waals surface area contributed by atoms with Gasteiger partial charge < -0.3 is 9.64 Å². The number of carbonyl (C=O) groups excluding carboxylic acids is 1. The quantitative estimate of drug-likeness (QED) is 0.916. The van der Waals surface area contributed by atoms with E-state index in [4.69, 9.17) is 4.74 Å². The summed E-state index contributed by atoms with van der Waals surface area (Å²) in [7, 11) is 1.69. The summed E-state index contributed by atoms with van der Waals surface area (Å²) in [6, 6.07) is 6.66. The summed E-state index contributed by atoms with van der Waals surface area (Å²) in [6.45, 7) is 2.05. The molecule has 1 N–H and O–H groups in total. The van der Waals surface area contributed by atoms with Crippen LogP contribution in [0.2, 0.25) is 0 Å². The standard InChI is InChI=1S/C16H20N2O2/c1-10-9-11(3-6-13(10)20-2)14-17-16(7-8-16)15(19)18(14)12-4-5-12/h3,6,9,12,14,17H,4-5,7-8H2,1-2H3. The average Bonchev–Trinajstić information content (AvgIpc) is 3.32. The zero-order valence-corrected chi connectivity index (χ0v) is 12.0. The van der Waals surface area contributed by atoms with Crippen LogP contribution in [0, 0.1) is 6.92 Å². The maximum atomic E-state index is 12.6. The smallest absolute Gasteiger partial charge is 0.244 e.